The minimum absolute atomic E-state index is 0.118. The second-order valence-electron chi connectivity index (χ2n) is 6.30. The van der Waals surface area contributed by atoms with E-state index in [1.807, 2.05) is 6.92 Å². The third-order valence-electron chi connectivity index (χ3n) is 4.06. The molecule has 0 fully saturated rings. The third-order valence-corrected chi connectivity index (χ3v) is 7.11. The van der Waals surface area contributed by atoms with Crippen LogP contribution in [-0.4, -0.2) is 60.8 Å². The van der Waals surface area contributed by atoms with Crippen molar-refractivity contribution in [3.05, 3.63) is 54.1 Å². The molecule has 0 N–H and O–H groups in total. The molecule has 0 unspecified atom stereocenters. The normalized spacial score (nSPS) is 12.3. The van der Waals surface area contributed by atoms with Gasteiger partial charge in [0.15, 0.2) is 9.84 Å². The lowest BCUT2D eigenvalue weighted by Crippen LogP contribution is -2.37. The van der Waals surface area contributed by atoms with Gasteiger partial charge < -0.3 is 9.47 Å². The first kappa shape index (κ1) is 22.4. The number of ether oxygens (including phenoxy) is 2. The predicted molar refractivity (Wildman–Crippen MR) is 107 cm³/mol. The van der Waals surface area contributed by atoms with Gasteiger partial charge in [-0.1, -0.05) is 17.7 Å². The summed E-state index contributed by atoms with van der Waals surface area (Å²) in [7, 11) is -5.44. The summed E-state index contributed by atoms with van der Waals surface area (Å²) in [6.45, 7) is 2.60. The van der Waals surface area contributed by atoms with E-state index in [-0.39, 0.29) is 36.1 Å². The number of methoxy groups -OCH3 is 1. The Morgan fingerprint density at radius 3 is 1.89 bits per heavy atom. The van der Waals surface area contributed by atoms with E-state index in [1.54, 1.807) is 36.4 Å². The van der Waals surface area contributed by atoms with Crippen molar-refractivity contribution >= 4 is 19.9 Å². The molecule has 0 aliphatic heterocycles. The first-order valence-electron chi connectivity index (χ1n) is 8.63. The van der Waals surface area contributed by atoms with Crippen LogP contribution in [0.15, 0.2) is 58.3 Å². The van der Waals surface area contributed by atoms with Crippen LogP contribution in [0.3, 0.4) is 0 Å². The smallest absolute Gasteiger partial charge is 0.243 e. The molecule has 2 aromatic carbocycles. The van der Waals surface area contributed by atoms with E-state index in [4.69, 9.17) is 9.47 Å². The highest BCUT2D eigenvalue weighted by atomic mass is 32.2. The van der Waals surface area contributed by atoms with Crippen molar-refractivity contribution in [3.8, 4) is 5.75 Å². The van der Waals surface area contributed by atoms with E-state index in [2.05, 4.69) is 0 Å². The van der Waals surface area contributed by atoms with Crippen LogP contribution < -0.4 is 4.74 Å². The largest absolute Gasteiger partial charge is 0.492 e. The number of hydrogen-bond acceptors (Lipinski definition) is 6. The van der Waals surface area contributed by atoms with E-state index < -0.39 is 19.9 Å². The minimum atomic E-state index is -3.68. The maximum absolute atomic E-state index is 12.9. The van der Waals surface area contributed by atoms with Gasteiger partial charge in [-0.3, -0.25) is 0 Å². The van der Waals surface area contributed by atoms with Crippen LogP contribution in [0.25, 0.3) is 0 Å². The fourth-order valence-electron chi connectivity index (χ4n) is 2.45. The minimum Gasteiger partial charge on any atom is -0.492 e. The van der Waals surface area contributed by atoms with Crippen LogP contribution in [-0.2, 0) is 24.6 Å². The van der Waals surface area contributed by atoms with Crippen LogP contribution in [0.5, 0.6) is 5.75 Å². The summed E-state index contributed by atoms with van der Waals surface area (Å²) in [5, 5.41) is 0. The molecule has 9 heteroatoms. The number of benzene rings is 2. The van der Waals surface area contributed by atoms with Crippen LogP contribution in [0.4, 0.5) is 0 Å². The second-order valence-corrected chi connectivity index (χ2v) is 10.3. The number of sulfone groups is 1. The summed E-state index contributed by atoms with van der Waals surface area (Å²) in [6, 6.07) is 12.7. The third kappa shape index (κ3) is 6.03. The van der Waals surface area contributed by atoms with E-state index in [1.165, 1.54) is 23.5 Å². The van der Waals surface area contributed by atoms with E-state index in [0.717, 1.165) is 11.8 Å². The molecule has 0 aliphatic rings. The van der Waals surface area contributed by atoms with Gasteiger partial charge in [0, 0.05) is 26.5 Å². The Hall–Kier alpha value is -1.94. The van der Waals surface area contributed by atoms with Crippen molar-refractivity contribution in [2.24, 2.45) is 0 Å². The van der Waals surface area contributed by atoms with Crippen LogP contribution in [0, 0.1) is 6.92 Å². The Balaban J connectivity index is 2.07. The molecule has 0 bridgehead atoms. The predicted octanol–water partition coefficient (Wildman–Crippen LogP) is 2.11. The molecule has 0 spiro atoms. The molecule has 2 aromatic rings. The Bertz CT molecular complexity index is 968. The Labute approximate surface area is 166 Å². The molecular formula is C19H25NO6S2. The molecule has 0 saturated heterocycles. The summed E-state index contributed by atoms with van der Waals surface area (Å²) in [5.74, 6) is 0.465. The first-order valence-corrected chi connectivity index (χ1v) is 12.0. The van der Waals surface area contributed by atoms with E-state index in [0.29, 0.717) is 5.75 Å². The average Bonchev–Trinajstić information content (AvgIpc) is 2.64. The van der Waals surface area contributed by atoms with Gasteiger partial charge in [-0.05, 0) is 43.3 Å². The summed E-state index contributed by atoms with van der Waals surface area (Å²) in [5.41, 5.74) is 0.975. The molecule has 0 aromatic heterocycles. The zero-order chi connectivity index (χ0) is 20.8. The van der Waals surface area contributed by atoms with Crippen molar-refractivity contribution in [3.63, 3.8) is 0 Å². The highest BCUT2D eigenvalue weighted by Gasteiger charge is 2.24. The molecule has 2 rings (SSSR count). The van der Waals surface area contributed by atoms with Crippen molar-refractivity contribution in [2.45, 2.75) is 16.7 Å². The quantitative estimate of drug-likeness (QED) is 0.577. The van der Waals surface area contributed by atoms with Gasteiger partial charge >= 0.3 is 0 Å². The lowest BCUT2D eigenvalue weighted by molar-refractivity contribution is 0.171. The zero-order valence-corrected chi connectivity index (χ0v) is 17.8. The van der Waals surface area contributed by atoms with Gasteiger partial charge in [0.25, 0.3) is 0 Å². The maximum atomic E-state index is 12.9. The maximum Gasteiger partial charge on any atom is 0.243 e. The van der Waals surface area contributed by atoms with Crippen LogP contribution in [0.2, 0.25) is 0 Å². The average molecular weight is 428 g/mol. The Morgan fingerprint density at radius 2 is 1.36 bits per heavy atom. The number of hydrogen-bond donors (Lipinski definition) is 0. The summed E-state index contributed by atoms with van der Waals surface area (Å²) in [4.78, 5) is 0.412. The van der Waals surface area contributed by atoms with Crippen molar-refractivity contribution in [1.82, 2.24) is 4.31 Å². The zero-order valence-electron chi connectivity index (χ0n) is 16.2. The van der Waals surface area contributed by atoms with Crippen molar-refractivity contribution < 1.29 is 26.3 Å². The molecule has 0 aliphatic carbocycles. The fourth-order valence-corrected chi connectivity index (χ4v) is 4.49. The van der Waals surface area contributed by atoms with Crippen molar-refractivity contribution in [2.75, 3.05) is 39.7 Å². The van der Waals surface area contributed by atoms with Gasteiger partial charge in [-0.15, -0.1) is 0 Å². The number of aryl methyl sites for hydroxylation is 1. The van der Waals surface area contributed by atoms with Crippen LogP contribution in [0.1, 0.15) is 5.56 Å². The van der Waals surface area contributed by atoms with Gasteiger partial charge in [-0.25, -0.2) is 16.8 Å². The molecule has 0 atom stereocenters. The summed E-state index contributed by atoms with van der Waals surface area (Å²) < 4.78 is 60.7. The number of nitrogens with zero attached hydrogens (tertiary/aromatic N) is 1. The molecule has 154 valence electrons. The molecule has 0 amide bonds. The molecular weight excluding hydrogens is 402 g/mol. The van der Waals surface area contributed by atoms with E-state index in [9.17, 15) is 16.8 Å². The molecule has 0 heterocycles. The molecule has 0 saturated carbocycles. The van der Waals surface area contributed by atoms with Gasteiger partial charge in [0.05, 0.1) is 16.4 Å². The summed E-state index contributed by atoms with van der Waals surface area (Å²) >= 11 is 0. The van der Waals surface area contributed by atoms with Crippen molar-refractivity contribution in [1.29, 1.82) is 0 Å². The molecule has 7 nitrogen and oxygen atoms in total. The van der Waals surface area contributed by atoms with Gasteiger partial charge in [-0.2, -0.15) is 4.31 Å². The lowest BCUT2D eigenvalue weighted by Gasteiger charge is -2.22. The standard InChI is InChI=1S/C19H25NO6S2/c1-16-4-8-19(9-5-16)28(23,24)20(12-14-25-2)13-15-26-17-6-10-18(11-7-17)27(3,21)22/h4-11H,12-15H2,1-3H3. The Morgan fingerprint density at radius 1 is 0.821 bits per heavy atom. The lowest BCUT2D eigenvalue weighted by atomic mass is 10.2. The van der Waals surface area contributed by atoms with Gasteiger partial charge in [0.2, 0.25) is 10.0 Å². The second kappa shape index (κ2) is 9.51. The number of sulfonamides is 1. The van der Waals surface area contributed by atoms with E-state index >= 15 is 0 Å². The number of rotatable bonds is 10. The molecule has 28 heavy (non-hydrogen) atoms. The van der Waals surface area contributed by atoms with Crippen LogP contribution >= 0.6 is 0 Å². The first-order chi connectivity index (χ1) is 13.1. The fraction of sp³-hybridized carbons (Fsp3) is 0.368. The monoisotopic (exact) mass is 427 g/mol. The topological polar surface area (TPSA) is 90.0 Å². The van der Waals surface area contributed by atoms with Gasteiger partial charge in [0.1, 0.15) is 12.4 Å². The summed E-state index contributed by atoms with van der Waals surface area (Å²) in [6.07, 6.45) is 1.13. The molecule has 0 radical (unpaired) electrons. The highest BCUT2D eigenvalue weighted by molar-refractivity contribution is 7.90. The highest BCUT2D eigenvalue weighted by Crippen LogP contribution is 2.18. The Kier molecular flexibility index (Phi) is 7.59. The SMILES string of the molecule is COCCN(CCOc1ccc(S(C)(=O)=O)cc1)S(=O)(=O)c1ccc(C)cc1.